The van der Waals surface area contributed by atoms with Crippen LogP contribution in [0.3, 0.4) is 0 Å². The smallest absolute Gasteiger partial charge is 0.140 e. The van der Waals surface area contributed by atoms with E-state index in [-0.39, 0.29) is 0 Å². The van der Waals surface area contributed by atoms with Crippen LogP contribution in [0.2, 0.25) is 0 Å². The summed E-state index contributed by atoms with van der Waals surface area (Å²) in [5.41, 5.74) is 1.68. The highest BCUT2D eigenvalue weighted by molar-refractivity contribution is 5.39. The van der Waals surface area contributed by atoms with Crippen LogP contribution in [0.4, 0.5) is 0 Å². The van der Waals surface area contributed by atoms with Gasteiger partial charge in [-0.1, -0.05) is 0 Å². The molecule has 15 heavy (non-hydrogen) atoms. The number of aromatic nitrogens is 2. The van der Waals surface area contributed by atoms with Crippen LogP contribution in [-0.2, 0) is 0 Å². The third kappa shape index (κ3) is 1.56. The van der Waals surface area contributed by atoms with Crippen LogP contribution >= 0.6 is 0 Å². The first-order valence-corrected chi connectivity index (χ1v) is 4.29. The number of pyridine rings is 1. The lowest BCUT2D eigenvalue weighted by atomic mass is 10.3. The zero-order chi connectivity index (χ0) is 10.7. The van der Waals surface area contributed by atoms with Crippen LogP contribution in [0.25, 0.3) is 5.69 Å². The van der Waals surface area contributed by atoms with Gasteiger partial charge in [0.05, 0.1) is 11.9 Å². The van der Waals surface area contributed by atoms with Crippen LogP contribution in [0.5, 0.6) is 0 Å². The van der Waals surface area contributed by atoms with Crippen molar-refractivity contribution in [1.29, 1.82) is 10.5 Å². The summed E-state index contributed by atoms with van der Waals surface area (Å²) in [6.45, 7) is 0. The van der Waals surface area contributed by atoms with E-state index in [0.29, 0.717) is 11.4 Å². The Hall–Kier alpha value is -2.59. The third-order valence-corrected chi connectivity index (χ3v) is 2.00. The SMILES string of the molecule is N#Cc1ccc(-n2cccc2C#N)cn1. The predicted octanol–water partition coefficient (Wildman–Crippen LogP) is 1.62. The predicted molar refractivity (Wildman–Crippen MR) is 53.0 cm³/mol. The average Bonchev–Trinajstić information content (AvgIpc) is 2.77. The quantitative estimate of drug-likeness (QED) is 0.692. The Morgan fingerprint density at radius 3 is 2.60 bits per heavy atom. The van der Waals surface area contributed by atoms with Gasteiger partial charge in [-0.2, -0.15) is 10.5 Å². The number of hydrogen-bond acceptors (Lipinski definition) is 3. The molecule has 2 aromatic rings. The molecule has 0 unspecified atom stereocenters. The van der Waals surface area contributed by atoms with E-state index in [2.05, 4.69) is 11.1 Å². The summed E-state index contributed by atoms with van der Waals surface area (Å²) in [4.78, 5) is 3.94. The van der Waals surface area contributed by atoms with Gasteiger partial charge < -0.3 is 4.57 Å². The molecule has 0 aliphatic heterocycles. The van der Waals surface area contributed by atoms with Gasteiger partial charge in [0.2, 0.25) is 0 Å². The lowest BCUT2D eigenvalue weighted by Gasteiger charge is -2.02. The molecule has 0 radical (unpaired) electrons. The highest BCUT2D eigenvalue weighted by atomic mass is 15.0. The molecule has 0 fully saturated rings. The zero-order valence-electron chi connectivity index (χ0n) is 7.75. The monoisotopic (exact) mass is 194 g/mol. The van der Waals surface area contributed by atoms with Crippen molar-refractivity contribution in [2.24, 2.45) is 0 Å². The van der Waals surface area contributed by atoms with E-state index in [1.54, 1.807) is 41.2 Å². The van der Waals surface area contributed by atoms with Crippen molar-refractivity contribution in [1.82, 2.24) is 9.55 Å². The Morgan fingerprint density at radius 2 is 2.00 bits per heavy atom. The summed E-state index contributed by atoms with van der Waals surface area (Å²) < 4.78 is 1.72. The van der Waals surface area contributed by atoms with Crippen LogP contribution in [0.15, 0.2) is 36.7 Å². The van der Waals surface area contributed by atoms with Gasteiger partial charge in [-0.3, -0.25) is 0 Å². The molecular weight excluding hydrogens is 188 g/mol. The Labute approximate surface area is 86.6 Å². The lowest BCUT2D eigenvalue weighted by Crippen LogP contribution is -1.96. The minimum atomic E-state index is 0.365. The summed E-state index contributed by atoms with van der Waals surface area (Å²) in [6, 6.07) is 10.9. The molecule has 0 saturated carbocycles. The first-order chi connectivity index (χ1) is 7.35. The highest BCUT2D eigenvalue weighted by Crippen LogP contribution is 2.10. The van der Waals surface area contributed by atoms with E-state index >= 15 is 0 Å². The fraction of sp³-hybridized carbons (Fsp3) is 0. The number of nitriles is 2. The van der Waals surface area contributed by atoms with E-state index in [4.69, 9.17) is 10.5 Å². The summed E-state index contributed by atoms with van der Waals surface area (Å²) in [5, 5.41) is 17.4. The maximum atomic E-state index is 8.83. The maximum Gasteiger partial charge on any atom is 0.140 e. The van der Waals surface area contributed by atoms with Crippen molar-refractivity contribution in [3.8, 4) is 17.8 Å². The number of rotatable bonds is 1. The second kappa shape index (κ2) is 3.65. The molecule has 0 amide bonds. The van der Waals surface area contributed by atoms with Gasteiger partial charge in [-0.15, -0.1) is 0 Å². The second-order valence-electron chi connectivity index (χ2n) is 2.89. The maximum absolute atomic E-state index is 8.83. The molecule has 0 aliphatic carbocycles. The van der Waals surface area contributed by atoms with Gasteiger partial charge in [-0.25, -0.2) is 4.98 Å². The average molecular weight is 194 g/mol. The standard InChI is InChI=1S/C11H6N4/c12-6-9-3-4-11(8-14-9)15-5-1-2-10(15)7-13/h1-5,8H. The Balaban J connectivity index is 2.48. The van der Waals surface area contributed by atoms with Gasteiger partial charge in [-0.05, 0) is 24.3 Å². The summed E-state index contributed by atoms with van der Waals surface area (Å²) in [5.74, 6) is 0. The minimum Gasteiger partial charge on any atom is -0.307 e. The molecule has 0 spiro atoms. The van der Waals surface area contributed by atoms with Gasteiger partial charge in [0.1, 0.15) is 23.5 Å². The van der Waals surface area contributed by atoms with Crippen molar-refractivity contribution in [2.45, 2.75) is 0 Å². The largest absolute Gasteiger partial charge is 0.307 e. The van der Waals surface area contributed by atoms with Gasteiger partial charge in [0.25, 0.3) is 0 Å². The van der Waals surface area contributed by atoms with E-state index in [9.17, 15) is 0 Å². The van der Waals surface area contributed by atoms with Gasteiger partial charge >= 0.3 is 0 Å². The van der Waals surface area contributed by atoms with Crippen LogP contribution in [0.1, 0.15) is 11.4 Å². The second-order valence-corrected chi connectivity index (χ2v) is 2.89. The van der Waals surface area contributed by atoms with E-state index < -0.39 is 0 Å². The molecule has 0 atom stereocenters. The topological polar surface area (TPSA) is 65.4 Å². The third-order valence-electron chi connectivity index (χ3n) is 2.00. The molecule has 0 bridgehead atoms. The Bertz CT molecular complexity index is 552. The molecule has 0 N–H and O–H groups in total. The van der Waals surface area contributed by atoms with Gasteiger partial charge in [0, 0.05) is 6.20 Å². The summed E-state index contributed by atoms with van der Waals surface area (Å²) in [6.07, 6.45) is 3.35. The molecule has 4 heteroatoms. The lowest BCUT2D eigenvalue weighted by molar-refractivity contribution is 1.03. The van der Waals surface area contributed by atoms with Crippen molar-refractivity contribution >= 4 is 0 Å². The molecule has 70 valence electrons. The van der Waals surface area contributed by atoms with Crippen LogP contribution < -0.4 is 0 Å². The van der Waals surface area contributed by atoms with Crippen molar-refractivity contribution in [2.75, 3.05) is 0 Å². The van der Waals surface area contributed by atoms with Crippen molar-refractivity contribution < 1.29 is 0 Å². The molecule has 0 saturated heterocycles. The van der Waals surface area contributed by atoms with E-state index in [1.807, 2.05) is 6.07 Å². The van der Waals surface area contributed by atoms with Crippen molar-refractivity contribution in [3.05, 3.63) is 48.0 Å². The van der Waals surface area contributed by atoms with E-state index in [0.717, 1.165) is 5.69 Å². The van der Waals surface area contributed by atoms with Crippen LogP contribution in [0, 0.1) is 22.7 Å². The molecule has 2 heterocycles. The molecular formula is C11H6N4. The fourth-order valence-electron chi connectivity index (χ4n) is 1.29. The fourth-order valence-corrected chi connectivity index (χ4v) is 1.29. The molecule has 0 aromatic carbocycles. The normalized spacial score (nSPS) is 9.20. The molecule has 4 nitrogen and oxygen atoms in total. The van der Waals surface area contributed by atoms with Crippen molar-refractivity contribution in [3.63, 3.8) is 0 Å². The van der Waals surface area contributed by atoms with Crippen LogP contribution in [-0.4, -0.2) is 9.55 Å². The Morgan fingerprint density at radius 1 is 1.13 bits per heavy atom. The Kier molecular flexibility index (Phi) is 2.19. The summed E-state index contributed by atoms with van der Waals surface area (Å²) >= 11 is 0. The molecule has 2 rings (SSSR count). The first kappa shape index (κ1) is 8.98. The number of hydrogen-bond donors (Lipinski definition) is 0. The first-order valence-electron chi connectivity index (χ1n) is 4.29. The summed E-state index contributed by atoms with van der Waals surface area (Å²) in [7, 11) is 0. The molecule has 2 aromatic heterocycles. The van der Waals surface area contributed by atoms with Gasteiger partial charge in [0.15, 0.2) is 0 Å². The zero-order valence-corrected chi connectivity index (χ0v) is 7.75. The van der Waals surface area contributed by atoms with E-state index in [1.165, 1.54) is 0 Å². The molecule has 0 aliphatic rings. The highest BCUT2D eigenvalue weighted by Gasteiger charge is 2.02. The number of nitrogens with zero attached hydrogens (tertiary/aromatic N) is 4. The minimum absolute atomic E-state index is 0.365.